The molecule has 0 aliphatic carbocycles. The van der Waals surface area contributed by atoms with E-state index in [-0.39, 0.29) is 24.2 Å². The zero-order chi connectivity index (χ0) is 32.2. The van der Waals surface area contributed by atoms with Crippen LogP contribution in [-0.4, -0.2) is 61.7 Å². The van der Waals surface area contributed by atoms with Crippen LogP contribution in [0.5, 0.6) is 11.5 Å². The quantitative estimate of drug-likeness (QED) is 0.122. The number of nitrogens with one attached hydrogen (secondary N) is 3. The summed E-state index contributed by atoms with van der Waals surface area (Å²) in [5.74, 6) is 0.0620. The van der Waals surface area contributed by atoms with Gasteiger partial charge in [0.1, 0.15) is 18.3 Å². The molecule has 0 fully saturated rings. The van der Waals surface area contributed by atoms with Crippen molar-refractivity contribution in [2.75, 3.05) is 19.5 Å². The number of ether oxygens (including phenoxy) is 2. The molecule has 2 amide bonds. The normalized spacial score (nSPS) is 13.1. The molecule has 236 valence electrons. The van der Waals surface area contributed by atoms with Crippen molar-refractivity contribution in [3.8, 4) is 22.6 Å². The van der Waals surface area contributed by atoms with Crippen molar-refractivity contribution in [1.82, 2.24) is 10.6 Å². The maximum atomic E-state index is 13.9. The molecule has 3 aromatic rings. The van der Waals surface area contributed by atoms with E-state index in [1.807, 2.05) is 94.4 Å². The molecule has 3 atom stereocenters. The minimum Gasteiger partial charge on any atom is -0.493 e. The largest absolute Gasteiger partial charge is 0.635 e. The fourth-order valence-electron chi connectivity index (χ4n) is 4.83. The molecule has 0 heterocycles. The first-order valence-corrected chi connectivity index (χ1v) is 14.8. The number of amides is 2. The van der Waals surface area contributed by atoms with Gasteiger partial charge in [0.25, 0.3) is 0 Å². The van der Waals surface area contributed by atoms with Crippen molar-refractivity contribution >= 4 is 24.8 Å². The Morgan fingerprint density at radius 2 is 1.48 bits per heavy atom. The topological polar surface area (TPSA) is 138 Å². The van der Waals surface area contributed by atoms with Crippen LogP contribution in [0.4, 0.5) is 5.69 Å². The van der Waals surface area contributed by atoms with Crippen molar-refractivity contribution in [2.45, 2.75) is 58.8 Å². The maximum absolute atomic E-state index is 13.9. The molecule has 0 bridgehead atoms. The first-order valence-electron chi connectivity index (χ1n) is 14.8. The number of anilines is 1. The second-order valence-electron chi connectivity index (χ2n) is 11.4. The Morgan fingerprint density at radius 3 is 2.09 bits per heavy atom. The van der Waals surface area contributed by atoms with Crippen LogP contribution in [0, 0.1) is 11.8 Å². The Bertz CT molecular complexity index is 1340. The zero-order valence-electron chi connectivity index (χ0n) is 26.2. The lowest BCUT2D eigenvalue weighted by Gasteiger charge is -2.28. The molecular weight excluding hydrogens is 561 g/mol. The fourth-order valence-corrected chi connectivity index (χ4v) is 4.83. The van der Waals surface area contributed by atoms with Gasteiger partial charge in [-0.15, -0.1) is 0 Å². The Labute approximate surface area is 260 Å². The summed E-state index contributed by atoms with van der Waals surface area (Å²) in [6.45, 7) is 7.49. The average Bonchev–Trinajstić information content (AvgIpc) is 2.99. The lowest BCUT2D eigenvalue weighted by atomic mass is 9.99. The lowest BCUT2D eigenvalue weighted by Crippen LogP contribution is -2.56. The van der Waals surface area contributed by atoms with Gasteiger partial charge in [-0.2, -0.15) is 0 Å². The Kier molecular flexibility index (Phi) is 13.1. The summed E-state index contributed by atoms with van der Waals surface area (Å²) in [7, 11) is 1.06. The molecule has 0 saturated heterocycles. The molecule has 0 unspecified atom stereocenters. The van der Waals surface area contributed by atoms with E-state index in [1.165, 1.54) is 0 Å². The van der Waals surface area contributed by atoms with Crippen molar-refractivity contribution in [3.05, 3.63) is 78.4 Å². The number of rotatable bonds is 16. The number of carbonyl (C=O) groups is 2. The third-order valence-corrected chi connectivity index (χ3v) is 7.04. The summed E-state index contributed by atoms with van der Waals surface area (Å²) in [5.41, 5.74) is 3.59. The van der Waals surface area contributed by atoms with E-state index in [1.54, 1.807) is 20.3 Å². The van der Waals surface area contributed by atoms with E-state index in [0.717, 1.165) is 22.4 Å². The van der Waals surface area contributed by atoms with Gasteiger partial charge in [-0.1, -0.05) is 76.2 Å². The highest BCUT2D eigenvalue weighted by Gasteiger charge is 2.31. The van der Waals surface area contributed by atoms with Gasteiger partial charge in [0.2, 0.25) is 11.8 Å². The van der Waals surface area contributed by atoms with Crippen LogP contribution in [0.2, 0.25) is 0 Å². The van der Waals surface area contributed by atoms with Crippen molar-refractivity contribution in [1.29, 1.82) is 0 Å². The highest BCUT2D eigenvalue weighted by Crippen LogP contribution is 2.29. The van der Waals surface area contributed by atoms with Crippen molar-refractivity contribution in [2.24, 2.45) is 11.8 Å². The predicted molar refractivity (Wildman–Crippen MR) is 172 cm³/mol. The number of benzene rings is 3. The van der Waals surface area contributed by atoms with Gasteiger partial charge in [-0.25, -0.2) is 0 Å². The van der Waals surface area contributed by atoms with Crippen molar-refractivity contribution in [3.63, 3.8) is 0 Å². The van der Waals surface area contributed by atoms with Crippen LogP contribution in [0.15, 0.2) is 72.8 Å². The van der Waals surface area contributed by atoms with E-state index in [4.69, 9.17) is 14.1 Å². The number of hydrogen-bond donors (Lipinski definition) is 5. The second-order valence-corrected chi connectivity index (χ2v) is 11.4. The Morgan fingerprint density at radius 1 is 0.795 bits per heavy atom. The molecule has 3 rings (SSSR count). The van der Waals surface area contributed by atoms with Gasteiger partial charge in [0.15, 0.2) is 11.5 Å². The minimum atomic E-state index is -2.05. The second kappa shape index (κ2) is 16.7. The third-order valence-electron chi connectivity index (χ3n) is 7.04. The first-order chi connectivity index (χ1) is 21.0. The summed E-state index contributed by atoms with van der Waals surface area (Å²) in [6, 6.07) is 21.5. The van der Waals surface area contributed by atoms with Gasteiger partial charge in [0.05, 0.1) is 14.2 Å². The Hall–Kier alpha value is -4.06. The van der Waals surface area contributed by atoms with Crippen LogP contribution in [-0.2, 0) is 20.7 Å². The fraction of sp³-hybridized carbons (Fsp3) is 0.394. The molecule has 0 aromatic heterocycles. The molecule has 5 N–H and O–H groups in total. The van der Waals surface area contributed by atoms with Crippen LogP contribution < -0.4 is 25.4 Å². The van der Waals surface area contributed by atoms with E-state index < -0.39 is 31.5 Å². The zero-order valence-corrected chi connectivity index (χ0v) is 26.2. The summed E-state index contributed by atoms with van der Waals surface area (Å²) >= 11 is 0. The average molecular weight is 606 g/mol. The van der Waals surface area contributed by atoms with Gasteiger partial charge in [0, 0.05) is 12.1 Å². The molecule has 11 heteroatoms. The van der Waals surface area contributed by atoms with Crippen LogP contribution >= 0.6 is 0 Å². The Balaban J connectivity index is 1.89. The number of methoxy groups -OCH3 is 2. The standard InChI is InChI=1S/C33H44BN3O7/c1-21(2)17-30(44-34(40)41)36-33(39)31(22(3)4)37-32(38)27(18-23-15-16-28(42-5)29(19-23)43-6)35-26-14-10-13-25(20-26)24-11-8-7-9-12-24/h7-16,19-22,27,30-31,35,40-41H,17-18H2,1-6H3,(H,36,39)(H,37,38)/t27-,30+,31-/m0/s1. The van der Waals surface area contributed by atoms with E-state index >= 15 is 0 Å². The van der Waals surface area contributed by atoms with Gasteiger partial charge >= 0.3 is 7.32 Å². The number of hydrogen-bond acceptors (Lipinski definition) is 8. The lowest BCUT2D eigenvalue weighted by molar-refractivity contribution is -0.132. The number of carbonyl (C=O) groups excluding carboxylic acids is 2. The van der Waals surface area contributed by atoms with Crippen molar-refractivity contribution < 1.29 is 33.8 Å². The van der Waals surface area contributed by atoms with E-state index in [2.05, 4.69) is 16.0 Å². The van der Waals surface area contributed by atoms with Crippen LogP contribution in [0.3, 0.4) is 0 Å². The highest BCUT2D eigenvalue weighted by atomic mass is 16.6. The summed E-state index contributed by atoms with van der Waals surface area (Å²) in [5, 5.41) is 27.7. The smallest absolute Gasteiger partial charge is 0.493 e. The summed E-state index contributed by atoms with van der Waals surface area (Å²) in [6.07, 6.45) is -0.310. The molecule has 0 radical (unpaired) electrons. The van der Waals surface area contributed by atoms with E-state index in [0.29, 0.717) is 17.9 Å². The highest BCUT2D eigenvalue weighted by molar-refractivity contribution is 6.32. The SMILES string of the molecule is COc1ccc(C[C@H](Nc2cccc(-c3ccccc3)c2)C(=O)N[C@H](C(=O)N[C@@H](CC(C)C)OB(O)O)C(C)C)cc1OC. The van der Waals surface area contributed by atoms with Crippen LogP contribution in [0.1, 0.15) is 39.7 Å². The van der Waals surface area contributed by atoms with Gasteiger partial charge < -0.3 is 40.1 Å². The molecular formula is C33H44BN3O7. The molecule has 0 aliphatic heterocycles. The minimum absolute atomic E-state index is 0.104. The van der Waals surface area contributed by atoms with Gasteiger partial charge in [-0.05, 0) is 59.2 Å². The molecule has 3 aromatic carbocycles. The van der Waals surface area contributed by atoms with E-state index in [9.17, 15) is 19.6 Å². The molecule has 0 spiro atoms. The third kappa shape index (κ3) is 10.3. The molecule has 10 nitrogen and oxygen atoms in total. The predicted octanol–water partition coefficient (Wildman–Crippen LogP) is 4.01. The van der Waals surface area contributed by atoms with Gasteiger partial charge in [-0.3, -0.25) is 9.59 Å². The first kappa shape index (κ1) is 34.4. The monoisotopic (exact) mass is 605 g/mol. The molecule has 44 heavy (non-hydrogen) atoms. The summed E-state index contributed by atoms with van der Waals surface area (Å²) < 4.78 is 15.9. The van der Waals surface area contributed by atoms with Crippen LogP contribution in [0.25, 0.3) is 11.1 Å². The maximum Gasteiger partial charge on any atom is 0.635 e. The molecule has 0 aliphatic rings. The molecule has 0 saturated carbocycles. The summed E-state index contributed by atoms with van der Waals surface area (Å²) in [4.78, 5) is 27.3.